The highest BCUT2D eigenvalue weighted by Crippen LogP contribution is 2.31. The molecule has 0 radical (unpaired) electrons. The van der Waals surface area contributed by atoms with E-state index in [2.05, 4.69) is 16.0 Å². The zero-order chi connectivity index (χ0) is 27.6. The van der Waals surface area contributed by atoms with E-state index in [1.165, 1.54) is 0 Å². The fraction of sp³-hybridized carbons (Fsp3) is 0.321. The number of imide groups is 2. The summed E-state index contributed by atoms with van der Waals surface area (Å²) in [5, 5.41) is 8.64. The van der Waals surface area contributed by atoms with Gasteiger partial charge in [-0.05, 0) is 60.6 Å². The molecule has 3 N–H and O–H groups in total. The predicted octanol–water partition coefficient (Wildman–Crippen LogP) is 3.89. The number of carbonyl (C=O) groups excluding carboxylic acids is 5. The van der Waals surface area contributed by atoms with Crippen molar-refractivity contribution in [3.8, 4) is 0 Å². The van der Waals surface area contributed by atoms with Gasteiger partial charge in [-0.15, -0.1) is 0 Å². The molecule has 2 aliphatic heterocycles. The van der Waals surface area contributed by atoms with Crippen molar-refractivity contribution in [1.29, 1.82) is 0 Å². The molecule has 0 saturated carbocycles. The maximum absolute atomic E-state index is 13.0. The van der Waals surface area contributed by atoms with E-state index in [1.54, 1.807) is 18.2 Å². The van der Waals surface area contributed by atoms with Gasteiger partial charge in [-0.2, -0.15) is 0 Å². The predicted molar refractivity (Wildman–Crippen MR) is 143 cm³/mol. The topological polar surface area (TPSA) is 125 Å². The third kappa shape index (κ3) is 5.94. The molecule has 2 aromatic rings. The summed E-state index contributed by atoms with van der Waals surface area (Å²) in [6.45, 7) is 5.95. The molecular formula is C28H29ClN4O5. The van der Waals surface area contributed by atoms with Gasteiger partial charge in [0.25, 0.3) is 11.8 Å². The van der Waals surface area contributed by atoms with Crippen LogP contribution in [-0.4, -0.2) is 40.5 Å². The van der Waals surface area contributed by atoms with E-state index >= 15 is 0 Å². The lowest BCUT2D eigenvalue weighted by Gasteiger charge is -2.28. The molecule has 4 rings (SSSR count). The van der Waals surface area contributed by atoms with Crippen molar-refractivity contribution in [2.75, 3.05) is 10.6 Å². The molecule has 1 saturated heterocycles. The highest BCUT2D eigenvalue weighted by atomic mass is 35.5. The van der Waals surface area contributed by atoms with Crippen LogP contribution < -0.4 is 16.0 Å². The Labute approximate surface area is 225 Å². The number of nitrogens with zero attached hydrogens (tertiary/aromatic N) is 1. The molecule has 2 atom stereocenters. The van der Waals surface area contributed by atoms with Crippen LogP contribution in [0.2, 0.25) is 5.02 Å². The molecular weight excluding hydrogens is 508 g/mol. The third-order valence-corrected chi connectivity index (χ3v) is 7.14. The van der Waals surface area contributed by atoms with Crippen LogP contribution in [0.4, 0.5) is 11.4 Å². The number of hydrogen-bond donors (Lipinski definition) is 3. The highest BCUT2D eigenvalue weighted by Gasteiger charge is 2.42. The van der Waals surface area contributed by atoms with Gasteiger partial charge in [0.15, 0.2) is 0 Å². The number of aryl methyl sites for hydroxylation is 1. The molecule has 0 aromatic heterocycles. The standard InChI is InChI=1S/C28H29ClN4O5/c1-15(2)20(13-25(35)31-19-8-7-16(3)21(29)12-19)17-5-4-6-18(11-17)30-22-14-26(36)33(28(22)38)23-9-10-24(34)32-27(23)37/h4-8,11-12,14-15,20,23,30H,9-10,13H2,1-3H3,(H,31,35)(H,32,34,37). The van der Waals surface area contributed by atoms with Gasteiger partial charge in [0, 0.05) is 35.3 Å². The molecule has 10 heteroatoms. The average Bonchev–Trinajstić information content (AvgIpc) is 3.12. The second kappa shape index (κ2) is 11.2. The molecule has 2 unspecified atom stereocenters. The number of anilines is 2. The number of rotatable bonds is 8. The maximum Gasteiger partial charge on any atom is 0.278 e. The number of amides is 5. The lowest BCUT2D eigenvalue weighted by atomic mass is 9.85. The highest BCUT2D eigenvalue weighted by molar-refractivity contribution is 6.31. The van der Waals surface area contributed by atoms with Crippen molar-refractivity contribution < 1.29 is 24.0 Å². The molecule has 38 heavy (non-hydrogen) atoms. The number of nitrogens with one attached hydrogen (secondary N) is 3. The summed E-state index contributed by atoms with van der Waals surface area (Å²) in [5.41, 5.74) is 3.04. The molecule has 0 bridgehead atoms. The smallest absolute Gasteiger partial charge is 0.278 e. The van der Waals surface area contributed by atoms with E-state index in [4.69, 9.17) is 11.6 Å². The number of carbonyl (C=O) groups is 5. The van der Waals surface area contributed by atoms with Crippen LogP contribution in [-0.2, 0) is 24.0 Å². The fourth-order valence-corrected chi connectivity index (χ4v) is 4.80. The number of benzene rings is 2. The average molecular weight is 537 g/mol. The number of piperidine rings is 1. The Morgan fingerprint density at radius 1 is 1.11 bits per heavy atom. The van der Waals surface area contributed by atoms with Gasteiger partial charge in [-0.1, -0.05) is 43.6 Å². The lowest BCUT2D eigenvalue weighted by molar-refractivity contribution is -0.149. The molecule has 2 aromatic carbocycles. The Morgan fingerprint density at radius 3 is 2.55 bits per heavy atom. The summed E-state index contributed by atoms with van der Waals surface area (Å²) in [7, 11) is 0. The molecule has 2 heterocycles. The van der Waals surface area contributed by atoms with Crippen LogP contribution in [0.25, 0.3) is 0 Å². The van der Waals surface area contributed by atoms with Crippen molar-refractivity contribution >= 4 is 52.5 Å². The van der Waals surface area contributed by atoms with Gasteiger partial charge in [-0.25, -0.2) is 0 Å². The number of hydrogen-bond acceptors (Lipinski definition) is 6. The molecule has 2 aliphatic rings. The Balaban J connectivity index is 1.45. The first-order valence-corrected chi connectivity index (χ1v) is 12.8. The monoisotopic (exact) mass is 536 g/mol. The van der Waals surface area contributed by atoms with E-state index in [9.17, 15) is 24.0 Å². The van der Waals surface area contributed by atoms with Crippen molar-refractivity contribution in [2.45, 2.75) is 52.0 Å². The van der Waals surface area contributed by atoms with Crippen LogP contribution in [0.15, 0.2) is 54.2 Å². The molecule has 5 amide bonds. The van der Waals surface area contributed by atoms with Crippen LogP contribution in [0.5, 0.6) is 0 Å². The third-order valence-electron chi connectivity index (χ3n) is 6.74. The summed E-state index contributed by atoms with van der Waals surface area (Å²) < 4.78 is 0. The van der Waals surface area contributed by atoms with Crippen LogP contribution in [0, 0.1) is 12.8 Å². The van der Waals surface area contributed by atoms with E-state index < -0.39 is 29.7 Å². The zero-order valence-electron chi connectivity index (χ0n) is 21.3. The second-order valence-corrected chi connectivity index (χ2v) is 10.3. The molecule has 198 valence electrons. The van der Waals surface area contributed by atoms with E-state index in [0.29, 0.717) is 16.4 Å². The number of halogens is 1. The quantitative estimate of drug-likeness (QED) is 0.440. The van der Waals surface area contributed by atoms with Gasteiger partial charge < -0.3 is 10.6 Å². The lowest BCUT2D eigenvalue weighted by Crippen LogP contribution is -2.54. The first kappa shape index (κ1) is 27.1. The normalized spacial score (nSPS) is 18.4. The molecule has 1 fully saturated rings. The minimum absolute atomic E-state index is 0.0342. The Hall–Kier alpha value is -3.98. The van der Waals surface area contributed by atoms with Gasteiger partial charge in [0.05, 0.1) is 0 Å². The largest absolute Gasteiger partial charge is 0.351 e. The van der Waals surface area contributed by atoms with Gasteiger partial charge >= 0.3 is 0 Å². The van der Waals surface area contributed by atoms with E-state index in [1.807, 2.05) is 45.0 Å². The minimum atomic E-state index is -1.03. The zero-order valence-corrected chi connectivity index (χ0v) is 22.1. The van der Waals surface area contributed by atoms with E-state index in [-0.39, 0.29) is 42.7 Å². The maximum atomic E-state index is 13.0. The summed E-state index contributed by atoms with van der Waals surface area (Å²) in [6.07, 6.45) is 1.53. The Morgan fingerprint density at radius 2 is 1.87 bits per heavy atom. The van der Waals surface area contributed by atoms with Crippen molar-refractivity contribution in [1.82, 2.24) is 10.2 Å². The van der Waals surface area contributed by atoms with Gasteiger partial charge in [-0.3, -0.25) is 34.2 Å². The van der Waals surface area contributed by atoms with E-state index in [0.717, 1.165) is 22.1 Å². The first-order valence-electron chi connectivity index (χ1n) is 12.4. The molecule has 0 aliphatic carbocycles. The second-order valence-electron chi connectivity index (χ2n) is 9.86. The fourth-order valence-electron chi connectivity index (χ4n) is 4.62. The molecule has 0 spiro atoms. The van der Waals surface area contributed by atoms with Crippen LogP contribution in [0.3, 0.4) is 0 Å². The van der Waals surface area contributed by atoms with Crippen LogP contribution in [0.1, 0.15) is 50.2 Å². The van der Waals surface area contributed by atoms with Crippen molar-refractivity contribution in [2.24, 2.45) is 5.92 Å². The van der Waals surface area contributed by atoms with Gasteiger partial charge in [0.1, 0.15) is 11.7 Å². The first-order chi connectivity index (χ1) is 18.0. The minimum Gasteiger partial charge on any atom is -0.351 e. The summed E-state index contributed by atoms with van der Waals surface area (Å²) in [4.78, 5) is 62.9. The summed E-state index contributed by atoms with van der Waals surface area (Å²) in [5.74, 6) is -2.47. The van der Waals surface area contributed by atoms with Crippen molar-refractivity contribution in [3.05, 3.63) is 70.4 Å². The summed E-state index contributed by atoms with van der Waals surface area (Å²) >= 11 is 6.18. The van der Waals surface area contributed by atoms with Crippen LogP contribution >= 0.6 is 11.6 Å². The summed E-state index contributed by atoms with van der Waals surface area (Å²) in [6, 6.07) is 11.7. The molecule has 9 nitrogen and oxygen atoms in total. The van der Waals surface area contributed by atoms with Gasteiger partial charge in [0.2, 0.25) is 17.7 Å². The Bertz CT molecular complexity index is 1350. The van der Waals surface area contributed by atoms with Crippen molar-refractivity contribution in [3.63, 3.8) is 0 Å². The SMILES string of the molecule is Cc1ccc(NC(=O)CC(c2cccc(NC3=CC(=O)N(C4CCC(=O)NC4=O)C3=O)c2)C(C)C)cc1Cl. The Kier molecular flexibility index (Phi) is 7.97.